The number of amides is 2. The molecular formula is C22H20N6O4. The topological polar surface area (TPSA) is 126 Å². The molecule has 4 rings (SSSR count). The van der Waals surface area contributed by atoms with Crippen molar-refractivity contribution in [2.24, 2.45) is 0 Å². The van der Waals surface area contributed by atoms with Crippen LogP contribution in [0, 0.1) is 10.1 Å². The van der Waals surface area contributed by atoms with E-state index in [0.717, 1.165) is 10.4 Å². The smallest absolute Gasteiger partial charge is 0.323 e. The van der Waals surface area contributed by atoms with Crippen LogP contribution < -0.4 is 15.5 Å². The van der Waals surface area contributed by atoms with Crippen molar-refractivity contribution >= 4 is 39.8 Å². The van der Waals surface area contributed by atoms with Gasteiger partial charge in [-0.25, -0.2) is 9.78 Å². The quantitative estimate of drug-likeness (QED) is 0.241. The van der Waals surface area contributed by atoms with E-state index < -0.39 is 11.0 Å². The summed E-state index contributed by atoms with van der Waals surface area (Å²) in [6, 6.07) is 17.8. The predicted molar refractivity (Wildman–Crippen MR) is 122 cm³/mol. The largest absolute Gasteiger partial charge is 0.426 e. The second kappa shape index (κ2) is 8.26. The standard InChI is InChI=1S/C22H20N6O4/c1-26(2)17-9-7-16(8-10-17)24-22(29)23-15-5-3-14(4-6-15)21-25-19-12-11-18(28(31)32)13-20(19)27(21)30/h3-13,30H,1-2H3,(H2,23,24,29). The summed E-state index contributed by atoms with van der Waals surface area (Å²) < 4.78 is 0.814. The molecule has 10 heteroatoms. The number of hydrogen-bond donors (Lipinski definition) is 3. The van der Waals surface area contributed by atoms with Gasteiger partial charge in [-0.2, -0.15) is 4.73 Å². The number of carbonyl (C=O) groups excluding carboxylic acids is 1. The van der Waals surface area contributed by atoms with Crippen LogP contribution in [0.5, 0.6) is 0 Å². The summed E-state index contributed by atoms with van der Waals surface area (Å²) in [6.45, 7) is 0. The summed E-state index contributed by atoms with van der Waals surface area (Å²) in [7, 11) is 3.88. The highest BCUT2D eigenvalue weighted by atomic mass is 16.6. The van der Waals surface area contributed by atoms with Crippen LogP contribution >= 0.6 is 0 Å². The summed E-state index contributed by atoms with van der Waals surface area (Å²) in [5.74, 6) is 0.234. The number of imidazole rings is 1. The summed E-state index contributed by atoms with van der Waals surface area (Å²) in [5, 5.41) is 26.9. The van der Waals surface area contributed by atoms with E-state index in [1.807, 2.05) is 43.3 Å². The van der Waals surface area contributed by atoms with Crippen LogP contribution in [-0.2, 0) is 0 Å². The molecule has 0 atom stereocenters. The van der Waals surface area contributed by atoms with Crippen molar-refractivity contribution in [1.29, 1.82) is 0 Å². The normalized spacial score (nSPS) is 10.7. The zero-order valence-electron chi connectivity index (χ0n) is 17.3. The molecule has 0 radical (unpaired) electrons. The number of anilines is 3. The molecule has 0 fully saturated rings. The monoisotopic (exact) mass is 432 g/mol. The Kier molecular flexibility index (Phi) is 5.34. The van der Waals surface area contributed by atoms with Gasteiger partial charge in [-0.1, -0.05) is 0 Å². The average molecular weight is 432 g/mol. The Balaban J connectivity index is 1.47. The van der Waals surface area contributed by atoms with Crippen molar-refractivity contribution in [1.82, 2.24) is 9.71 Å². The zero-order valence-corrected chi connectivity index (χ0v) is 17.3. The van der Waals surface area contributed by atoms with E-state index in [0.29, 0.717) is 22.5 Å². The van der Waals surface area contributed by atoms with E-state index in [2.05, 4.69) is 15.6 Å². The molecular weight excluding hydrogens is 412 g/mol. The molecule has 0 aliphatic carbocycles. The first kappa shape index (κ1) is 20.7. The lowest BCUT2D eigenvalue weighted by Crippen LogP contribution is -2.19. The number of hydrogen-bond acceptors (Lipinski definition) is 6. The Morgan fingerprint density at radius 2 is 1.59 bits per heavy atom. The molecule has 0 aliphatic heterocycles. The van der Waals surface area contributed by atoms with E-state index in [4.69, 9.17) is 0 Å². The Bertz CT molecular complexity index is 1300. The molecule has 3 aromatic carbocycles. The third kappa shape index (κ3) is 4.15. The van der Waals surface area contributed by atoms with Crippen molar-refractivity contribution < 1.29 is 14.9 Å². The summed E-state index contributed by atoms with van der Waals surface area (Å²) in [4.78, 5) is 29.0. The lowest BCUT2D eigenvalue weighted by atomic mass is 10.2. The third-order valence-corrected chi connectivity index (χ3v) is 4.87. The maximum atomic E-state index is 12.3. The maximum Gasteiger partial charge on any atom is 0.323 e. The van der Waals surface area contributed by atoms with E-state index in [9.17, 15) is 20.1 Å². The number of nitro groups is 1. The van der Waals surface area contributed by atoms with Gasteiger partial charge in [0.15, 0.2) is 5.82 Å². The summed E-state index contributed by atoms with van der Waals surface area (Å²) in [6.07, 6.45) is 0. The number of rotatable bonds is 5. The molecule has 0 unspecified atom stereocenters. The summed E-state index contributed by atoms with van der Waals surface area (Å²) >= 11 is 0. The van der Waals surface area contributed by atoms with Crippen molar-refractivity contribution in [3.05, 3.63) is 76.8 Å². The van der Waals surface area contributed by atoms with Crippen molar-refractivity contribution in [3.8, 4) is 11.4 Å². The molecule has 0 spiro atoms. The number of carbonyl (C=O) groups is 1. The minimum absolute atomic E-state index is 0.138. The fourth-order valence-electron chi connectivity index (χ4n) is 3.19. The number of fused-ring (bicyclic) bond motifs is 1. The second-order valence-electron chi connectivity index (χ2n) is 7.28. The highest BCUT2D eigenvalue weighted by Gasteiger charge is 2.16. The molecule has 0 saturated heterocycles. The molecule has 0 aliphatic rings. The Hall–Kier alpha value is -4.60. The molecule has 3 N–H and O–H groups in total. The first-order valence-electron chi connectivity index (χ1n) is 9.64. The fraction of sp³-hybridized carbons (Fsp3) is 0.0909. The summed E-state index contributed by atoms with van der Waals surface area (Å²) in [5.41, 5.74) is 3.33. The molecule has 1 heterocycles. The van der Waals surface area contributed by atoms with E-state index >= 15 is 0 Å². The number of nitro benzene ring substituents is 1. The molecule has 2 amide bonds. The lowest BCUT2D eigenvalue weighted by Gasteiger charge is -2.13. The number of aromatic nitrogens is 2. The SMILES string of the molecule is CN(C)c1ccc(NC(=O)Nc2ccc(-c3nc4ccc([N+](=O)[O-])cc4n3O)cc2)cc1. The van der Waals surface area contributed by atoms with Crippen LogP contribution in [-0.4, -0.2) is 40.0 Å². The minimum Gasteiger partial charge on any atom is -0.426 e. The Morgan fingerprint density at radius 1 is 1.00 bits per heavy atom. The molecule has 1 aromatic heterocycles. The van der Waals surface area contributed by atoms with E-state index in [1.54, 1.807) is 24.3 Å². The fourth-order valence-corrected chi connectivity index (χ4v) is 3.19. The van der Waals surface area contributed by atoms with Crippen LogP contribution in [0.25, 0.3) is 22.4 Å². The second-order valence-corrected chi connectivity index (χ2v) is 7.28. The van der Waals surface area contributed by atoms with Gasteiger partial charge in [-0.15, -0.1) is 0 Å². The van der Waals surface area contributed by atoms with E-state index in [-0.39, 0.29) is 17.0 Å². The van der Waals surface area contributed by atoms with Crippen LogP contribution in [0.2, 0.25) is 0 Å². The van der Waals surface area contributed by atoms with Crippen LogP contribution in [0.1, 0.15) is 0 Å². The van der Waals surface area contributed by atoms with E-state index in [1.165, 1.54) is 18.2 Å². The third-order valence-electron chi connectivity index (χ3n) is 4.87. The molecule has 10 nitrogen and oxygen atoms in total. The van der Waals surface area contributed by atoms with Gasteiger partial charge in [0.05, 0.1) is 10.4 Å². The van der Waals surface area contributed by atoms with Crippen LogP contribution in [0.15, 0.2) is 66.7 Å². The Labute approximate surface area is 182 Å². The number of non-ortho nitro benzene ring substituents is 1. The van der Waals surface area contributed by atoms with Crippen molar-refractivity contribution in [2.45, 2.75) is 0 Å². The van der Waals surface area contributed by atoms with Gasteiger partial charge in [-0.3, -0.25) is 10.1 Å². The highest BCUT2D eigenvalue weighted by molar-refractivity contribution is 6.00. The first-order valence-corrected chi connectivity index (χ1v) is 9.64. The first-order chi connectivity index (χ1) is 15.3. The van der Waals surface area contributed by atoms with Crippen molar-refractivity contribution in [3.63, 3.8) is 0 Å². The van der Waals surface area contributed by atoms with Gasteiger partial charge in [0, 0.05) is 48.9 Å². The number of benzene rings is 3. The predicted octanol–water partition coefficient (Wildman–Crippen LogP) is 4.56. The van der Waals surface area contributed by atoms with Crippen LogP contribution in [0.4, 0.5) is 27.5 Å². The lowest BCUT2D eigenvalue weighted by molar-refractivity contribution is -0.384. The van der Waals surface area contributed by atoms with Crippen LogP contribution in [0.3, 0.4) is 0 Å². The molecule has 0 bridgehead atoms. The van der Waals surface area contributed by atoms with Gasteiger partial charge < -0.3 is 20.7 Å². The minimum atomic E-state index is -0.534. The number of nitrogens with zero attached hydrogens (tertiary/aromatic N) is 4. The molecule has 32 heavy (non-hydrogen) atoms. The van der Waals surface area contributed by atoms with Gasteiger partial charge in [0.25, 0.3) is 5.69 Å². The zero-order chi connectivity index (χ0) is 22.8. The average Bonchev–Trinajstić information content (AvgIpc) is 3.10. The van der Waals surface area contributed by atoms with Gasteiger partial charge in [-0.05, 0) is 54.6 Å². The van der Waals surface area contributed by atoms with Crippen molar-refractivity contribution in [2.75, 3.05) is 29.6 Å². The van der Waals surface area contributed by atoms with Gasteiger partial charge in [0.1, 0.15) is 5.52 Å². The molecule has 4 aromatic rings. The van der Waals surface area contributed by atoms with Gasteiger partial charge in [0.2, 0.25) is 0 Å². The number of urea groups is 1. The molecule has 162 valence electrons. The number of nitrogens with one attached hydrogen (secondary N) is 2. The highest BCUT2D eigenvalue weighted by Crippen LogP contribution is 2.27. The Morgan fingerprint density at radius 3 is 2.16 bits per heavy atom. The molecule has 0 saturated carbocycles. The van der Waals surface area contributed by atoms with Gasteiger partial charge >= 0.3 is 6.03 Å². The maximum absolute atomic E-state index is 12.3.